The first kappa shape index (κ1) is 54.4. The lowest BCUT2D eigenvalue weighted by Gasteiger charge is -2.31. The van der Waals surface area contributed by atoms with Gasteiger partial charge in [-0.05, 0) is 55.6 Å². The summed E-state index contributed by atoms with van der Waals surface area (Å²) in [6, 6.07) is 7.37. The first-order chi connectivity index (χ1) is 32.7. The molecule has 1 saturated heterocycles. The Morgan fingerprint density at radius 3 is 1.74 bits per heavy atom. The zero-order chi connectivity index (χ0) is 50.8. The van der Waals surface area contributed by atoms with Crippen LogP contribution in [-0.2, 0) is 62.4 Å². The van der Waals surface area contributed by atoms with Gasteiger partial charge in [0.2, 0.25) is 41.4 Å². The summed E-state index contributed by atoms with van der Waals surface area (Å²) in [5.41, 5.74) is 7.69. The van der Waals surface area contributed by atoms with Gasteiger partial charge < -0.3 is 57.7 Å². The third kappa shape index (κ3) is 17.5. The summed E-state index contributed by atoms with van der Waals surface area (Å²) in [6.07, 6.45) is 2.66. The molecule has 4 rings (SSSR count). The van der Waals surface area contributed by atoms with Crippen LogP contribution in [0.15, 0.2) is 73.2 Å². The number of carbonyl (C=O) groups is 9. The number of amides is 7. The zero-order valence-electron chi connectivity index (χ0n) is 39.6. The summed E-state index contributed by atoms with van der Waals surface area (Å²) in [6.45, 7) is 8.81. The molecule has 21 heteroatoms. The molecule has 0 saturated carbocycles. The van der Waals surface area contributed by atoms with Gasteiger partial charge in [0.05, 0.1) is 18.8 Å². The van der Waals surface area contributed by atoms with Crippen molar-refractivity contribution in [2.45, 2.75) is 134 Å². The Morgan fingerprint density at radius 1 is 0.652 bits per heavy atom. The number of nitrogens with zero attached hydrogens (tertiary/aromatic N) is 2. The average Bonchev–Trinajstić information content (AvgIpc) is 4.01. The van der Waals surface area contributed by atoms with Crippen LogP contribution < -0.4 is 37.6 Å². The molecule has 21 nitrogen and oxygen atoms in total. The SMILES string of the molecule is CC(C)C[C@H](NC(=O)[C@H](Cc1ccccc1)NC(=O)[C@@H]1CCCN1C(=O)[C@H](Cc1cnc[nH]1)NC(=O)[C@H](CC(=O)O)NC(=O)[C@H](C)NC(=O)[C@@H](N)CC(C)C)C(=O)N[C@@H](Cc1ccccc1)C(=O)O. The van der Waals surface area contributed by atoms with Crippen molar-refractivity contribution in [3.8, 4) is 0 Å². The molecule has 8 atom stereocenters. The molecule has 0 unspecified atom stereocenters. The standard InChI is InChI=1S/C48H66N10O11/c1-27(2)19-33(49)42(62)52-29(5)41(61)53-36(24-40(59)60)45(65)56-37(23-32-25-50-26-51-32)47(67)58-18-12-17-39(58)46(66)55-35(21-30-13-8-6-9-14-30)44(64)54-34(20-28(3)4)43(63)57-38(48(68)69)22-31-15-10-7-11-16-31/h6-11,13-16,25-29,33-39H,12,17-24,49H2,1-5H3,(H,50,51)(H,52,62)(H,53,61)(H,54,64)(H,55,66)(H,56,65)(H,57,63)(H,59,60)(H,68,69)/t29-,33-,34-,35-,36-,37-,38-,39-/m0/s1. The van der Waals surface area contributed by atoms with Crippen LogP contribution in [0.2, 0.25) is 0 Å². The second kappa shape index (κ2) is 26.4. The molecule has 0 bridgehead atoms. The van der Waals surface area contributed by atoms with E-state index in [4.69, 9.17) is 5.73 Å². The van der Waals surface area contributed by atoms with Crippen LogP contribution in [0.1, 0.15) is 83.5 Å². The predicted molar refractivity (Wildman–Crippen MR) is 251 cm³/mol. The maximum Gasteiger partial charge on any atom is 0.326 e. The number of carboxylic acid groups (broad SMARTS) is 2. The van der Waals surface area contributed by atoms with Gasteiger partial charge in [-0.3, -0.25) is 38.4 Å². The summed E-state index contributed by atoms with van der Waals surface area (Å²) < 4.78 is 0. The first-order valence-electron chi connectivity index (χ1n) is 23.1. The molecule has 2 heterocycles. The number of rotatable bonds is 26. The van der Waals surface area contributed by atoms with Gasteiger partial charge in [-0.15, -0.1) is 0 Å². The van der Waals surface area contributed by atoms with E-state index in [1.54, 1.807) is 60.7 Å². The van der Waals surface area contributed by atoms with E-state index in [2.05, 4.69) is 41.9 Å². The van der Waals surface area contributed by atoms with Crippen LogP contribution in [0, 0.1) is 11.8 Å². The fraction of sp³-hybridized carbons (Fsp3) is 0.500. The number of likely N-dealkylation sites (tertiary alicyclic amines) is 1. The highest BCUT2D eigenvalue weighted by molar-refractivity contribution is 5.98. The Kier molecular flexibility index (Phi) is 20.8. The highest BCUT2D eigenvalue weighted by Gasteiger charge is 2.41. The Labute approximate surface area is 400 Å². The molecule has 374 valence electrons. The molecule has 1 aliphatic rings. The Morgan fingerprint density at radius 2 is 1.19 bits per heavy atom. The van der Waals surface area contributed by atoms with E-state index in [0.717, 1.165) is 0 Å². The van der Waals surface area contributed by atoms with E-state index in [9.17, 15) is 53.4 Å². The van der Waals surface area contributed by atoms with Gasteiger partial charge in [0.1, 0.15) is 42.3 Å². The van der Waals surface area contributed by atoms with Crippen LogP contribution in [0.3, 0.4) is 0 Å². The van der Waals surface area contributed by atoms with Crippen molar-refractivity contribution >= 4 is 53.3 Å². The highest BCUT2D eigenvalue weighted by Crippen LogP contribution is 2.21. The van der Waals surface area contributed by atoms with Crippen molar-refractivity contribution in [1.82, 2.24) is 46.8 Å². The molecule has 0 spiro atoms. The molecule has 11 N–H and O–H groups in total. The minimum absolute atomic E-state index is 0.00561. The summed E-state index contributed by atoms with van der Waals surface area (Å²) in [5.74, 6) is -8.17. The summed E-state index contributed by atoms with van der Waals surface area (Å²) in [7, 11) is 0. The quantitative estimate of drug-likeness (QED) is 0.0520. The monoisotopic (exact) mass is 958 g/mol. The number of nitrogens with one attached hydrogen (secondary N) is 7. The molecular formula is C48H66N10O11. The molecule has 69 heavy (non-hydrogen) atoms. The van der Waals surface area contributed by atoms with Crippen molar-refractivity contribution < 1.29 is 53.4 Å². The molecule has 7 amide bonds. The van der Waals surface area contributed by atoms with Gasteiger partial charge in [0.15, 0.2) is 0 Å². The van der Waals surface area contributed by atoms with Crippen molar-refractivity contribution in [2.75, 3.05) is 6.54 Å². The number of benzene rings is 2. The number of hydrogen-bond donors (Lipinski definition) is 10. The maximum atomic E-state index is 14.5. The van der Waals surface area contributed by atoms with Gasteiger partial charge in [0, 0.05) is 37.7 Å². The van der Waals surface area contributed by atoms with Gasteiger partial charge in [-0.2, -0.15) is 0 Å². The second-order valence-corrected chi connectivity index (χ2v) is 18.2. The number of carbonyl (C=O) groups excluding carboxylic acids is 7. The van der Waals surface area contributed by atoms with Crippen molar-refractivity contribution in [2.24, 2.45) is 17.6 Å². The normalized spacial score (nSPS) is 16.5. The largest absolute Gasteiger partial charge is 0.481 e. The van der Waals surface area contributed by atoms with E-state index >= 15 is 0 Å². The number of aliphatic carboxylic acids is 2. The van der Waals surface area contributed by atoms with Crippen molar-refractivity contribution in [3.05, 3.63) is 90.0 Å². The van der Waals surface area contributed by atoms with Crippen molar-refractivity contribution in [1.29, 1.82) is 0 Å². The highest BCUT2D eigenvalue weighted by atomic mass is 16.4. The number of nitrogens with two attached hydrogens (primary N) is 1. The van der Waals surface area contributed by atoms with Gasteiger partial charge >= 0.3 is 11.9 Å². The van der Waals surface area contributed by atoms with E-state index in [1.807, 2.05) is 27.7 Å². The Balaban J connectivity index is 1.54. The minimum Gasteiger partial charge on any atom is -0.481 e. The number of aromatic amines is 1. The molecule has 1 fully saturated rings. The number of H-pyrrole nitrogens is 1. The number of hydrogen-bond acceptors (Lipinski definition) is 11. The molecule has 0 aliphatic carbocycles. The lowest BCUT2D eigenvalue weighted by atomic mass is 9.99. The van der Waals surface area contributed by atoms with Crippen LogP contribution >= 0.6 is 0 Å². The third-order valence-corrected chi connectivity index (χ3v) is 11.4. The molecule has 0 radical (unpaired) electrons. The lowest BCUT2D eigenvalue weighted by molar-refractivity contribution is -0.143. The Hall–Kier alpha value is -7.16. The van der Waals surface area contributed by atoms with Crippen LogP contribution in [0.25, 0.3) is 0 Å². The van der Waals surface area contributed by atoms with Crippen molar-refractivity contribution in [3.63, 3.8) is 0 Å². The summed E-state index contributed by atoms with van der Waals surface area (Å²) in [4.78, 5) is 129. The molecule has 2 aromatic carbocycles. The van der Waals surface area contributed by atoms with E-state index in [1.165, 1.54) is 24.3 Å². The van der Waals surface area contributed by atoms with E-state index in [-0.39, 0.29) is 50.5 Å². The lowest BCUT2D eigenvalue weighted by Crippen LogP contribution is -2.60. The second-order valence-electron chi connectivity index (χ2n) is 18.2. The van der Waals surface area contributed by atoms with Crippen LogP contribution in [0.4, 0.5) is 0 Å². The average molecular weight is 959 g/mol. The number of imidazole rings is 1. The van der Waals surface area contributed by atoms with Gasteiger partial charge in [-0.1, -0.05) is 88.4 Å². The maximum absolute atomic E-state index is 14.5. The topological polar surface area (TPSA) is 324 Å². The molecule has 3 aromatic rings. The minimum atomic E-state index is -1.70. The van der Waals surface area contributed by atoms with E-state index in [0.29, 0.717) is 29.7 Å². The fourth-order valence-electron chi connectivity index (χ4n) is 7.90. The summed E-state index contributed by atoms with van der Waals surface area (Å²) >= 11 is 0. The fourth-order valence-corrected chi connectivity index (χ4v) is 7.90. The molecular weight excluding hydrogens is 893 g/mol. The van der Waals surface area contributed by atoms with Crippen LogP contribution in [-0.4, -0.2) is 133 Å². The number of carboxylic acids is 2. The van der Waals surface area contributed by atoms with Gasteiger partial charge in [0.25, 0.3) is 0 Å². The third-order valence-electron chi connectivity index (χ3n) is 11.4. The molecule has 1 aromatic heterocycles. The number of aromatic nitrogens is 2. The zero-order valence-corrected chi connectivity index (χ0v) is 39.6. The first-order valence-corrected chi connectivity index (χ1v) is 23.1. The molecule has 1 aliphatic heterocycles. The van der Waals surface area contributed by atoms with E-state index < -0.39 is 108 Å². The Bertz CT molecular complexity index is 2230. The smallest absolute Gasteiger partial charge is 0.326 e. The van der Waals surface area contributed by atoms with Gasteiger partial charge in [-0.25, -0.2) is 9.78 Å². The van der Waals surface area contributed by atoms with Crippen LogP contribution in [0.5, 0.6) is 0 Å². The predicted octanol–water partition coefficient (Wildman–Crippen LogP) is 0.336. The summed E-state index contributed by atoms with van der Waals surface area (Å²) in [5, 5.41) is 35.2.